The van der Waals surface area contributed by atoms with Crippen molar-refractivity contribution in [2.75, 3.05) is 44.8 Å². The first kappa shape index (κ1) is 15.5. The zero-order valence-electron chi connectivity index (χ0n) is 12.6. The summed E-state index contributed by atoms with van der Waals surface area (Å²) in [4.78, 5) is 17.4. The third-order valence-corrected chi connectivity index (χ3v) is 3.29. The van der Waals surface area contributed by atoms with Crippen molar-refractivity contribution in [3.63, 3.8) is 0 Å². The number of methoxy groups -OCH3 is 1. The zero-order chi connectivity index (χ0) is 15.1. The number of hydrazine groups is 1. The van der Waals surface area contributed by atoms with Crippen LogP contribution in [0.5, 0.6) is 0 Å². The molecule has 8 heteroatoms. The van der Waals surface area contributed by atoms with Gasteiger partial charge < -0.3 is 14.5 Å². The van der Waals surface area contributed by atoms with Gasteiger partial charge in [0.2, 0.25) is 11.9 Å². The maximum Gasteiger partial charge on any atom is 0.225 e. The SMILES string of the molecule is COCC(C)N=C(NN)N1CCN(c2ncccn2)CC1. The van der Waals surface area contributed by atoms with Crippen molar-refractivity contribution in [3.8, 4) is 0 Å². The number of guanidine groups is 1. The van der Waals surface area contributed by atoms with Gasteiger partial charge in [0.25, 0.3) is 0 Å². The number of piperazine rings is 1. The smallest absolute Gasteiger partial charge is 0.225 e. The summed E-state index contributed by atoms with van der Waals surface area (Å²) in [5.74, 6) is 7.06. The summed E-state index contributed by atoms with van der Waals surface area (Å²) in [6, 6.07) is 1.89. The molecule has 0 amide bonds. The highest BCUT2D eigenvalue weighted by molar-refractivity contribution is 5.79. The molecule has 0 spiro atoms. The Morgan fingerprint density at radius 3 is 2.62 bits per heavy atom. The van der Waals surface area contributed by atoms with Crippen molar-refractivity contribution in [2.45, 2.75) is 13.0 Å². The Kier molecular flexibility index (Phi) is 5.70. The number of aromatic nitrogens is 2. The van der Waals surface area contributed by atoms with E-state index in [9.17, 15) is 0 Å². The van der Waals surface area contributed by atoms with Crippen LogP contribution in [-0.4, -0.2) is 66.8 Å². The van der Waals surface area contributed by atoms with Crippen LogP contribution in [0.3, 0.4) is 0 Å². The number of rotatable bonds is 4. The van der Waals surface area contributed by atoms with Crippen LogP contribution < -0.4 is 16.2 Å². The lowest BCUT2D eigenvalue weighted by atomic mass is 10.3. The van der Waals surface area contributed by atoms with Gasteiger partial charge in [-0.3, -0.25) is 5.43 Å². The van der Waals surface area contributed by atoms with Gasteiger partial charge in [-0.2, -0.15) is 0 Å². The number of aliphatic imine (C=N–C) groups is 1. The quantitative estimate of drug-likeness (QED) is 0.333. The van der Waals surface area contributed by atoms with Crippen LogP contribution in [0.15, 0.2) is 23.5 Å². The van der Waals surface area contributed by atoms with Crippen LogP contribution in [0, 0.1) is 0 Å². The van der Waals surface area contributed by atoms with E-state index < -0.39 is 0 Å². The fourth-order valence-electron chi connectivity index (χ4n) is 2.27. The van der Waals surface area contributed by atoms with Crippen LogP contribution in [0.1, 0.15) is 6.92 Å². The Morgan fingerprint density at radius 1 is 1.38 bits per heavy atom. The number of hydrogen-bond acceptors (Lipinski definition) is 6. The lowest BCUT2D eigenvalue weighted by Gasteiger charge is -2.36. The van der Waals surface area contributed by atoms with Gasteiger partial charge in [0, 0.05) is 45.7 Å². The molecule has 0 saturated carbocycles. The maximum atomic E-state index is 5.59. The van der Waals surface area contributed by atoms with Crippen LogP contribution in [-0.2, 0) is 4.74 Å². The summed E-state index contributed by atoms with van der Waals surface area (Å²) < 4.78 is 5.09. The van der Waals surface area contributed by atoms with Crippen molar-refractivity contribution in [1.82, 2.24) is 20.3 Å². The summed E-state index contributed by atoms with van der Waals surface area (Å²) in [5, 5.41) is 0. The molecule has 1 atom stereocenters. The maximum absolute atomic E-state index is 5.59. The molecule has 1 saturated heterocycles. The van der Waals surface area contributed by atoms with E-state index in [1.165, 1.54) is 0 Å². The highest BCUT2D eigenvalue weighted by Gasteiger charge is 2.21. The van der Waals surface area contributed by atoms with Gasteiger partial charge in [-0.05, 0) is 13.0 Å². The molecule has 0 bridgehead atoms. The van der Waals surface area contributed by atoms with Gasteiger partial charge in [0.1, 0.15) is 0 Å². The number of ether oxygens (including phenoxy) is 1. The average molecular weight is 293 g/mol. The lowest BCUT2D eigenvalue weighted by molar-refractivity contribution is 0.185. The first-order chi connectivity index (χ1) is 10.2. The van der Waals surface area contributed by atoms with Crippen LogP contribution in [0.4, 0.5) is 5.95 Å². The van der Waals surface area contributed by atoms with Crippen molar-refractivity contribution in [1.29, 1.82) is 0 Å². The standard InChI is InChI=1S/C13H23N7O/c1-11(10-21-2)17-13(18-14)20-8-6-19(7-9-20)12-15-4-3-5-16-12/h3-5,11H,6-10,14H2,1-2H3,(H,17,18). The van der Waals surface area contributed by atoms with Crippen LogP contribution >= 0.6 is 0 Å². The van der Waals surface area contributed by atoms with Gasteiger partial charge in [-0.15, -0.1) is 0 Å². The minimum absolute atomic E-state index is 0.0662. The molecule has 0 radical (unpaired) electrons. The summed E-state index contributed by atoms with van der Waals surface area (Å²) in [7, 11) is 1.67. The highest BCUT2D eigenvalue weighted by atomic mass is 16.5. The van der Waals surface area contributed by atoms with Crippen molar-refractivity contribution in [2.24, 2.45) is 10.8 Å². The molecule has 21 heavy (non-hydrogen) atoms. The second kappa shape index (κ2) is 7.75. The fourth-order valence-corrected chi connectivity index (χ4v) is 2.27. The molecule has 2 rings (SSSR count). The van der Waals surface area contributed by atoms with E-state index in [1.54, 1.807) is 19.5 Å². The lowest BCUT2D eigenvalue weighted by Crippen LogP contribution is -2.54. The van der Waals surface area contributed by atoms with Gasteiger partial charge in [-0.25, -0.2) is 20.8 Å². The van der Waals surface area contributed by atoms with E-state index in [2.05, 4.69) is 30.2 Å². The molecule has 0 aromatic carbocycles. The molecule has 1 aliphatic heterocycles. The van der Waals surface area contributed by atoms with E-state index in [-0.39, 0.29) is 6.04 Å². The molecule has 1 fully saturated rings. The second-order valence-electron chi connectivity index (χ2n) is 4.92. The Balaban J connectivity index is 1.93. The van der Waals surface area contributed by atoms with Crippen molar-refractivity contribution in [3.05, 3.63) is 18.5 Å². The molecule has 0 aliphatic carbocycles. The molecule has 3 N–H and O–H groups in total. The predicted octanol–water partition coefficient (Wildman–Crippen LogP) is -0.547. The van der Waals surface area contributed by atoms with E-state index in [0.717, 1.165) is 32.1 Å². The van der Waals surface area contributed by atoms with Crippen LogP contribution in [0.2, 0.25) is 0 Å². The minimum atomic E-state index is 0.0662. The molecular weight excluding hydrogens is 270 g/mol. The average Bonchev–Trinajstić information content (AvgIpc) is 2.54. The molecule has 1 aromatic rings. The number of hydrogen-bond donors (Lipinski definition) is 2. The van der Waals surface area contributed by atoms with Crippen molar-refractivity contribution >= 4 is 11.9 Å². The number of nitrogens with one attached hydrogen (secondary N) is 1. The monoisotopic (exact) mass is 293 g/mol. The zero-order valence-corrected chi connectivity index (χ0v) is 12.6. The van der Waals surface area contributed by atoms with E-state index in [1.807, 2.05) is 13.0 Å². The summed E-state index contributed by atoms with van der Waals surface area (Å²) >= 11 is 0. The van der Waals surface area contributed by atoms with E-state index >= 15 is 0 Å². The second-order valence-corrected chi connectivity index (χ2v) is 4.92. The number of nitrogens with zero attached hydrogens (tertiary/aromatic N) is 5. The summed E-state index contributed by atoms with van der Waals surface area (Å²) in [5.41, 5.74) is 2.69. The van der Waals surface area contributed by atoms with E-state index in [0.29, 0.717) is 12.6 Å². The topological polar surface area (TPSA) is 91.9 Å². The number of anilines is 1. The third-order valence-electron chi connectivity index (χ3n) is 3.29. The largest absolute Gasteiger partial charge is 0.382 e. The Morgan fingerprint density at radius 2 is 2.05 bits per heavy atom. The normalized spacial score (nSPS) is 17.8. The Hall–Kier alpha value is -1.93. The van der Waals surface area contributed by atoms with Gasteiger partial charge in [-0.1, -0.05) is 0 Å². The Bertz CT molecular complexity index is 445. The fraction of sp³-hybridized carbons (Fsp3) is 0.615. The molecule has 2 heterocycles. The molecular formula is C13H23N7O. The Labute approximate surface area is 125 Å². The summed E-state index contributed by atoms with van der Waals surface area (Å²) in [6.45, 7) is 5.88. The predicted molar refractivity (Wildman–Crippen MR) is 81.9 cm³/mol. The third kappa shape index (κ3) is 4.27. The number of nitrogens with two attached hydrogens (primary N) is 1. The molecule has 1 aromatic heterocycles. The van der Waals surface area contributed by atoms with E-state index in [4.69, 9.17) is 10.6 Å². The first-order valence-electron chi connectivity index (χ1n) is 7.05. The summed E-state index contributed by atoms with van der Waals surface area (Å²) in [6.07, 6.45) is 3.52. The van der Waals surface area contributed by atoms with Gasteiger partial charge in [0.05, 0.1) is 12.6 Å². The van der Waals surface area contributed by atoms with Crippen LogP contribution in [0.25, 0.3) is 0 Å². The van der Waals surface area contributed by atoms with Gasteiger partial charge >= 0.3 is 0 Å². The first-order valence-corrected chi connectivity index (χ1v) is 7.05. The highest BCUT2D eigenvalue weighted by Crippen LogP contribution is 2.09. The molecule has 8 nitrogen and oxygen atoms in total. The van der Waals surface area contributed by atoms with Crippen molar-refractivity contribution < 1.29 is 4.74 Å². The van der Waals surface area contributed by atoms with Gasteiger partial charge in [0.15, 0.2) is 0 Å². The molecule has 116 valence electrons. The molecule has 1 unspecified atom stereocenters. The molecule has 1 aliphatic rings. The minimum Gasteiger partial charge on any atom is -0.382 e.